The molecule has 0 spiro atoms. The van der Waals surface area contributed by atoms with Gasteiger partial charge in [0.1, 0.15) is 18.5 Å². The Morgan fingerprint density at radius 1 is 1.31 bits per heavy atom. The molecule has 1 fully saturated rings. The van der Waals surface area contributed by atoms with Gasteiger partial charge in [0.15, 0.2) is 0 Å². The summed E-state index contributed by atoms with van der Waals surface area (Å²) in [6.45, 7) is 5.36. The van der Waals surface area contributed by atoms with Crippen LogP contribution in [0, 0.1) is 0 Å². The van der Waals surface area contributed by atoms with Crippen LogP contribution in [0.4, 0.5) is 0 Å². The molecule has 1 atom stereocenters. The Kier molecular flexibility index (Phi) is 4.00. The van der Waals surface area contributed by atoms with Crippen molar-refractivity contribution >= 4 is 0 Å². The molecule has 2 nitrogen and oxygen atoms in total. The van der Waals surface area contributed by atoms with E-state index < -0.39 is 0 Å². The molecular formula is C14H18O2. The molecular weight excluding hydrogens is 200 g/mol. The molecule has 0 amide bonds. The van der Waals surface area contributed by atoms with Crippen molar-refractivity contribution in [2.24, 2.45) is 0 Å². The van der Waals surface area contributed by atoms with Gasteiger partial charge in [0.05, 0.1) is 0 Å². The van der Waals surface area contributed by atoms with E-state index in [2.05, 4.69) is 18.7 Å². The van der Waals surface area contributed by atoms with Crippen molar-refractivity contribution in [1.82, 2.24) is 0 Å². The first kappa shape index (κ1) is 11.2. The number of rotatable bonds is 4. The van der Waals surface area contributed by atoms with E-state index in [1.54, 1.807) is 0 Å². The maximum Gasteiger partial charge on any atom is 0.118 e. The minimum Gasteiger partial charge on any atom is -0.491 e. The molecule has 1 saturated heterocycles. The fourth-order valence-electron chi connectivity index (χ4n) is 1.84. The van der Waals surface area contributed by atoms with Gasteiger partial charge >= 0.3 is 0 Å². The van der Waals surface area contributed by atoms with Crippen LogP contribution in [-0.4, -0.2) is 12.7 Å². The van der Waals surface area contributed by atoms with E-state index in [0.717, 1.165) is 25.2 Å². The molecule has 1 aromatic rings. The highest BCUT2D eigenvalue weighted by Gasteiger charge is 2.17. The smallest absolute Gasteiger partial charge is 0.118 e. The molecule has 0 aromatic heterocycles. The van der Waals surface area contributed by atoms with Gasteiger partial charge in [0.25, 0.3) is 0 Å². The van der Waals surface area contributed by atoms with Crippen LogP contribution in [0.1, 0.15) is 24.8 Å². The molecule has 2 heteroatoms. The van der Waals surface area contributed by atoms with Crippen molar-refractivity contribution in [3.05, 3.63) is 48.2 Å². The van der Waals surface area contributed by atoms with Crippen LogP contribution in [0.25, 0.3) is 0 Å². The molecule has 1 aliphatic rings. The van der Waals surface area contributed by atoms with Crippen molar-refractivity contribution in [3.8, 4) is 0 Å². The van der Waals surface area contributed by atoms with Crippen LogP contribution < -0.4 is 0 Å². The molecule has 0 N–H and O–H groups in total. The highest BCUT2D eigenvalue weighted by Crippen LogP contribution is 2.20. The van der Waals surface area contributed by atoms with E-state index in [0.29, 0.717) is 6.61 Å². The second-order valence-corrected chi connectivity index (χ2v) is 4.10. The van der Waals surface area contributed by atoms with Crippen LogP contribution in [0.5, 0.6) is 0 Å². The number of hydrogen-bond acceptors (Lipinski definition) is 2. The number of ether oxygens (including phenoxy) is 2. The summed E-state index contributed by atoms with van der Waals surface area (Å²) in [6, 6.07) is 10.1. The summed E-state index contributed by atoms with van der Waals surface area (Å²) in [5.41, 5.74) is 1.17. The van der Waals surface area contributed by atoms with Crippen molar-refractivity contribution in [1.29, 1.82) is 0 Å². The van der Waals surface area contributed by atoms with Gasteiger partial charge in [-0.05, 0) is 24.8 Å². The lowest BCUT2D eigenvalue weighted by Gasteiger charge is -2.24. The van der Waals surface area contributed by atoms with E-state index in [1.165, 1.54) is 12.0 Å². The number of benzene rings is 1. The van der Waals surface area contributed by atoms with Crippen LogP contribution in [-0.2, 0) is 16.1 Å². The normalized spacial score (nSPS) is 20.4. The first-order valence-corrected chi connectivity index (χ1v) is 5.83. The lowest BCUT2D eigenvalue weighted by molar-refractivity contribution is -0.00247. The molecule has 1 heterocycles. The van der Waals surface area contributed by atoms with Crippen LogP contribution in [0.3, 0.4) is 0 Å². The summed E-state index contributed by atoms with van der Waals surface area (Å²) in [5.74, 6) is 0.767. The van der Waals surface area contributed by atoms with Crippen molar-refractivity contribution < 1.29 is 9.47 Å². The maximum absolute atomic E-state index is 5.65. The van der Waals surface area contributed by atoms with E-state index in [1.807, 2.05) is 18.2 Å². The van der Waals surface area contributed by atoms with E-state index >= 15 is 0 Å². The lowest BCUT2D eigenvalue weighted by Crippen LogP contribution is -2.22. The van der Waals surface area contributed by atoms with Gasteiger partial charge < -0.3 is 9.47 Å². The van der Waals surface area contributed by atoms with E-state index in [-0.39, 0.29) is 6.10 Å². The van der Waals surface area contributed by atoms with Gasteiger partial charge in [-0.25, -0.2) is 0 Å². The summed E-state index contributed by atoms with van der Waals surface area (Å²) < 4.78 is 11.3. The van der Waals surface area contributed by atoms with Gasteiger partial charge in [-0.1, -0.05) is 36.9 Å². The van der Waals surface area contributed by atoms with Crippen molar-refractivity contribution in [2.45, 2.75) is 32.0 Å². The zero-order valence-electron chi connectivity index (χ0n) is 9.52. The Morgan fingerprint density at radius 3 is 2.81 bits per heavy atom. The first-order chi connectivity index (χ1) is 7.86. The van der Waals surface area contributed by atoms with Crippen molar-refractivity contribution in [2.75, 3.05) is 6.61 Å². The van der Waals surface area contributed by atoms with E-state index in [4.69, 9.17) is 9.47 Å². The molecule has 0 aliphatic carbocycles. The standard InChI is InChI=1S/C14H18O2/c1-12(14-9-5-6-10-15-14)16-11-13-7-3-2-4-8-13/h2-4,7-8,14H,1,5-6,9-11H2. The third-order valence-electron chi connectivity index (χ3n) is 2.81. The van der Waals surface area contributed by atoms with Gasteiger partial charge in [-0.2, -0.15) is 0 Å². The highest BCUT2D eigenvalue weighted by molar-refractivity contribution is 5.14. The van der Waals surface area contributed by atoms with Gasteiger partial charge in [0, 0.05) is 6.61 Å². The summed E-state index contributed by atoms with van der Waals surface area (Å²) in [5, 5.41) is 0. The average Bonchev–Trinajstić information content (AvgIpc) is 2.38. The molecule has 0 bridgehead atoms. The molecule has 0 saturated carbocycles. The Bertz CT molecular complexity index is 326. The summed E-state index contributed by atoms with van der Waals surface area (Å²) in [7, 11) is 0. The Morgan fingerprint density at radius 2 is 2.12 bits per heavy atom. The molecule has 1 aromatic carbocycles. The second kappa shape index (κ2) is 5.71. The maximum atomic E-state index is 5.65. The lowest BCUT2D eigenvalue weighted by atomic mass is 10.1. The van der Waals surface area contributed by atoms with Crippen LogP contribution >= 0.6 is 0 Å². The topological polar surface area (TPSA) is 18.5 Å². The Hall–Kier alpha value is -1.28. The molecule has 0 radical (unpaired) electrons. The molecule has 1 unspecified atom stereocenters. The second-order valence-electron chi connectivity index (χ2n) is 4.10. The zero-order chi connectivity index (χ0) is 11.2. The monoisotopic (exact) mass is 218 g/mol. The summed E-state index contributed by atoms with van der Waals surface area (Å²) >= 11 is 0. The molecule has 1 aliphatic heterocycles. The molecule has 86 valence electrons. The van der Waals surface area contributed by atoms with Gasteiger partial charge in [0.2, 0.25) is 0 Å². The zero-order valence-corrected chi connectivity index (χ0v) is 9.52. The largest absolute Gasteiger partial charge is 0.491 e. The van der Waals surface area contributed by atoms with E-state index in [9.17, 15) is 0 Å². The van der Waals surface area contributed by atoms with Crippen molar-refractivity contribution in [3.63, 3.8) is 0 Å². The van der Waals surface area contributed by atoms with Gasteiger partial charge in [-0.3, -0.25) is 0 Å². The highest BCUT2D eigenvalue weighted by atomic mass is 16.5. The SMILES string of the molecule is C=C(OCc1ccccc1)C1CCCCO1. The average molecular weight is 218 g/mol. The number of hydrogen-bond donors (Lipinski definition) is 0. The minimum atomic E-state index is 0.0949. The fourth-order valence-corrected chi connectivity index (χ4v) is 1.84. The summed E-state index contributed by atoms with van der Waals surface area (Å²) in [4.78, 5) is 0. The minimum absolute atomic E-state index is 0.0949. The third-order valence-corrected chi connectivity index (χ3v) is 2.81. The van der Waals surface area contributed by atoms with Crippen LogP contribution in [0.2, 0.25) is 0 Å². The predicted octanol–water partition coefficient (Wildman–Crippen LogP) is 3.29. The first-order valence-electron chi connectivity index (χ1n) is 5.83. The Labute approximate surface area is 96.9 Å². The van der Waals surface area contributed by atoms with Crippen LogP contribution in [0.15, 0.2) is 42.7 Å². The fraction of sp³-hybridized carbons (Fsp3) is 0.429. The predicted molar refractivity (Wildman–Crippen MR) is 64.0 cm³/mol. The molecule has 16 heavy (non-hydrogen) atoms. The third kappa shape index (κ3) is 3.11. The Balaban J connectivity index is 1.79. The summed E-state index contributed by atoms with van der Waals surface area (Å²) in [6.07, 6.45) is 3.49. The quantitative estimate of drug-likeness (QED) is 0.722. The van der Waals surface area contributed by atoms with Gasteiger partial charge in [-0.15, -0.1) is 0 Å². The molecule has 2 rings (SSSR count).